The first-order valence-electron chi connectivity index (χ1n) is 7.48. The fraction of sp³-hybridized carbons (Fsp3) is 0.562. The van der Waals surface area contributed by atoms with E-state index in [2.05, 4.69) is 48.3 Å². The number of hydrogen-bond donors (Lipinski definition) is 2. The van der Waals surface area contributed by atoms with Gasteiger partial charge in [-0.1, -0.05) is 6.42 Å². The van der Waals surface area contributed by atoms with Crippen LogP contribution < -0.4 is 10.2 Å². The first-order valence-corrected chi connectivity index (χ1v) is 7.48. The van der Waals surface area contributed by atoms with E-state index in [0.717, 1.165) is 44.6 Å². The minimum absolute atomic E-state index is 0.276. The van der Waals surface area contributed by atoms with E-state index in [-0.39, 0.29) is 6.42 Å². The van der Waals surface area contributed by atoms with Crippen LogP contribution >= 0.6 is 0 Å². The summed E-state index contributed by atoms with van der Waals surface area (Å²) in [7, 11) is 0. The van der Waals surface area contributed by atoms with Gasteiger partial charge in [0.2, 0.25) is 0 Å². The number of rotatable bonds is 10. The Morgan fingerprint density at radius 1 is 1.10 bits per heavy atom. The van der Waals surface area contributed by atoms with Gasteiger partial charge in [-0.2, -0.15) is 0 Å². The highest BCUT2D eigenvalue weighted by atomic mass is 16.4. The predicted molar refractivity (Wildman–Crippen MR) is 84.6 cm³/mol. The average molecular weight is 278 g/mol. The van der Waals surface area contributed by atoms with Gasteiger partial charge in [0.05, 0.1) is 0 Å². The fourth-order valence-corrected chi connectivity index (χ4v) is 2.19. The zero-order chi connectivity index (χ0) is 14.8. The Kier molecular flexibility index (Phi) is 7.55. The number of benzene rings is 1. The number of anilines is 2. The third-order valence-corrected chi connectivity index (χ3v) is 3.39. The molecule has 0 aliphatic rings. The molecular weight excluding hydrogens is 252 g/mol. The summed E-state index contributed by atoms with van der Waals surface area (Å²) < 4.78 is 0. The lowest BCUT2D eigenvalue weighted by atomic mass is 10.2. The lowest BCUT2D eigenvalue weighted by molar-refractivity contribution is -0.137. The van der Waals surface area contributed by atoms with E-state index >= 15 is 0 Å². The van der Waals surface area contributed by atoms with Crippen molar-refractivity contribution in [3.8, 4) is 0 Å². The van der Waals surface area contributed by atoms with E-state index in [0.29, 0.717) is 0 Å². The molecule has 20 heavy (non-hydrogen) atoms. The molecule has 1 aromatic rings. The number of carboxylic acid groups (broad SMARTS) is 1. The molecule has 0 fully saturated rings. The van der Waals surface area contributed by atoms with Gasteiger partial charge in [0.1, 0.15) is 0 Å². The summed E-state index contributed by atoms with van der Waals surface area (Å²) in [6.07, 6.45) is 3.00. The molecule has 0 amide bonds. The molecule has 1 rings (SSSR count). The van der Waals surface area contributed by atoms with Crippen LogP contribution in [0.15, 0.2) is 24.3 Å². The van der Waals surface area contributed by atoms with Gasteiger partial charge < -0.3 is 15.3 Å². The Morgan fingerprint density at radius 3 is 2.30 bits per heavy atom. The summed E-state index contributed by atoms with van der Waals surface area (Å²) in [5.74, 6) is -0.704. The number of nitrogens with one attached hydrogen (secondary N) is 1. The van der Waals surface area contributed by atoms with Gasteiger partial charge in [-0.15, -0.1) is 0 Å². The maximum atomic E-state index is 10.4. The van der Waals surface area contributed by atoms with Crippen molar-refractivity contribution in [2.45, 2.75) is 39.5 Å². The molecule has 4 heteroatoms. The van der Waals surface area contributed by atoms with Crippen LogP contribution in [0.2, 0.25) is 0 Å². The highest BCUT2D eigenvalue weighted by Crippen LogP contribution is 2.17. The summed E-state index contributed by atoms with van der Waals surface area (Å²) in [6.45, 7) is 7.25. The van der Waals surface area contributed by atoms with Crippen molar-refractivity contribution in [2.75, 3.05) is 29.9 Å². The summed E-state index contributed by atoms with van der Waals surface area (Å²) in [5, 5.41) is 11.9. The third kappa shape index (κ3) is 5.95. The standard InChI is InChI=1S/C16H26N2O2/c1-3-18(4-2)15-11-9-14(10-12-15)17-13-7-5-6-8-16(19)20/h9-12,17H,3-8,13H2,1-2H3,(H,19,20). The summed E-state index contributed by atoms with van der Waals surface area (Å²) in [4.78, 5) is 12.7. The van der Waals surface area contributed by atoms with Crippen molar-refractivity contribution in [3.63, 3.8) is 0 Å². The topological polar surface area (TPSA) is 52.6 Å². The molecule has 0 aliphatic carbocycles. The molecule has 112 valence electrons. The molecule has 0 bridgehead atoms. The van der Waals surface area contributed by atoms with Crippen molar-refractivity contribution >= 4 is 17.3 Å². The van der Waals surface area contributed by atoms with Crippen LogP contribution in [0.3, 0.4) is 0 Å². The second-order valence-corrected chi connectivity index (χ2v) is 4.85. The Morgan fingerprint density at radius 2 is 1.75 bits per heavy atom. The van der Waals surface area contributed by atoms with Gasteiger partial charge in [-0.3, -0.25) is 4.79 Å². The lowest BCUT2D eigenvalue weighted by Gasteiger charge is -2.21. The second kappa shape index (κ2) is 9.23. The van der Waals surface area contributed by atoms with E-state index in [1.54, 1.807) is 0 Å². The fourth-order valence-electron chi connectivity index (χ4n) is 2.19. The molecule has 1 aromatic carbocycles. The molecule has 0 saturated heterocycles. The van der Waals surface area contributed by atoms with Crippen LogP contribution in [0.5, 0.6) is 0 Å². The summed E-state index contributed by atoms with van der Waals surface area (Å²) >= 11 is 0. The predicted octanol–water partition coefficient (Wildman–Crippen LogP) is 3.59. The molecule has 0 aromatic heterocycles. The largest absolute Gasteiger partial charge is 0.481 e. The van der Waals surface area contributed by atoms with E-state index in [1.807, 2.05) is 0 Å². The number of aliphatic carboxylic acids is 1. The van der Waals surface area contributed by atoms with Gasteiger partial charge in [0, 0.05) is 37.4 Å². The van der Waals surface area contributed by atoms with Crippen LogP contribution in [0, 0.1) is 0 Å². The van der Waals surface area contributed by atoms with Crippen molar-refractivity contribution in [1.29, 1.82) is 0 Å². The molecule has 0 radical (unpaired) electrons. The van der Waals surface area contributed by atoms with Gasteiger partial charge in [-0.25, -0.2) is 0 Å². The Bertz CT molecular complexity index is 386. The van der Waals surface area contributed by atoms with Gasteiger partial charge in [0.25, 0.3) is 0 Å². The molecule has 0 aliphatic heterocycles. The van der Waals surface area contributed by atoms with Gasteiger partial charge >= 0.3 is 5.97 Å². The first-order chi connectivity index (χ1) is 9.67. The van der Waals surface area contributed by atoms with E-state index in [1.165, 1.54) is 5.69 Å². The first kappa shape index (κ1) is 16.3. The number of carboxylic acids is 1. The van der Waals surface area contributed by atoms with E-state index in [4.69, 9.17) is 5.11 Å². The zero-order valence-electron chi connectivity index (χ0n) is 12.6. The second-order valence-electron chi connectivity index (χ2n) is 4.85. The smallest absolute Gasteiger partial charge is 0.303 e. The minimum atomic E-state index is -0.704. The summed E-state index contributed by atoms with van der Waals surface area (Å²) in [6, 6.07) is 8.48. The quantitative estimate of drug-likeness (QED) is 0.642. The minimum Gasteiger partial charge on any atom is -0.481 e. The number of nitrogens with zero attached hydrogens (tertiary/aromatic N) is 1. The number of carbonyl (C=O) groups is 1. The monoisotopic (exact) mass is 278 g/mol. The molecular formula is C16H26N2O2. The normalized spacial score (nSPS) is 10.3. The molecule has 0 atom stereocenters. The number of unbranched alkanes of at least 4 members (excludes halogenated alkanes) is 2. The van der Waals surface area contributed by atoms with Crippen LogP contribution in [-0.4, -0.2) is 30.7 Å². The third-order valence-electron chi connectivity index (χ3n) is 3.39. The maximum absolute atomic E-state index is 10.4. The molecule has 0 heterocycles. The van der Waals surface area contributed by atoms with E-state index < -0.39 is 5.97 Å². The Labute approximate surface area is 121 Å². The maximum Gasteiger partial charge on any atom is 0.303 e. The molecule has 0 saturated carbocycles. The van der Waals surface area contributed by atoms with Gasteiger partial charge in [0.15, 0.2) is 0 Å². The highest BCUT2D eigenvalue weighted by molar-refractivity contribution is 5.66. The Hall–Kier alpha value is -1.71. The number of hydrogen-bond acceptors (Lipinski definition) is 3. The van der Waals surface area contributed by atoms with Crippen LogP contribution in [-0.2, 0) is 4.79 Å². The van der Waals surface area contributed by atoms with Crippen molar-refractivity contribution < 1.29 is 9.90 Å². The summed E-state index contributed by atoms with van der Waals surface area (Å²) in [5.41, 5.74) is 2.38. The van der Waals surface area contributed by atoms with E-state index in [9.17, 15) is 4.79 Å². The Balaban J connectivity index is 2.26. The zero-order valence-corrected chi connectivity index (χ0v) is 12.6. The van der Waals surface area contributed by atoms with Crippen LogP contribution in [0.4, 0.5) is 11.4 Å². The van der Waals surface area contributed by atoms with Crippen molar-refractivity contribution in [2.24, 2.45) is 0 Å². The molecule has 2 N–H and O–H groups in total. The molecule has 0 spiro atoms. The highest BCUT2D eigenvalue weighted by Gasteiger charge is 2.01. The SMILES string of the molecule is CCN(CC)c1ccc(NCCCCCC(=O)O)cc1. The van der Waals surface area contributed by atoms with Crippen molar-refractivity contribution in [1.82, 2.24) is 0 Å². The van der Waals surface area contributed by atoms with Crippen molar-refractivity contribution in [3.05, 3.63) is 24.3 Å². The van der Waals surface area contributed by atoms with Crippen LogP contribution in [0.1, 0.15) is 39.5 Å². The lowest BCUT2D eigenvalue weighted by Crippen LogP contribution is -2.21. The molecule has 4 nitrogen and oxygen atoms in total. The van der Waals surface area contributed by atoms with Gasteiger partial charge in [-0.05, 0) is 51.0 Å². The molecule has 0 unspecified atom stereocenters. The van der Waals surface area contributed by atoms with Crippen LogP contribution in [0.25, 0.3) is 0 Å². The average Bonchev–Trinajstić information content (AvgIpc) is 2.45.